The van der Waals surface area contributed by atoms with Crippen LogP contribution in [0.4, 0.5) is 4.79 Å². The number of urea groups is 1. The summed E-state index contributed by atoms with van der Waals surface area (Å²) in [5, 5.41) is 7.37. The summed E-state index contributed by atoms with van der Waals surface area (Å²) < 4.78 is 13.4. The number of rotatable bonds is 7. The number of hydrogen-bond donors (Lipinski definition) is 1. The van der Waals surface area contributed by atoms with E-state index in [2.05, 4.69) is 40.4 Å². The molecule has 8 heteroatoms. The van der Waals surface area contributed by atoms with Gasteiger partial charge in [-0.3, -0.25) is 9.58 Å². The van der Waals surface area contributed by atoms with Crippen LogP contribution in [-0.2, 0) is 17.8 Å². The highest BCUT2D eigenvalue weighted by Crippen LogP contribution is 2.27. The monoisotopic (exact) mass is 441 g/mol. The number of piperidine rings is 1. The molecule has 32 heavy (non-hydrogen) atoms. The first-order valence-electron chi connectivity index (χ1n) is 11.7. The smallest absolute Gasteiger partial charge is 0.317 e. The summed E-state index contributed by atoms with van der Waals surface area (Å²) in [5.41, 5.74) is 2.39. The normalized spacial score (nSPS) is 21.6. The molecule has 2 saturated heterocycles. The van der Waals surface area contributed by atoms with E-state index >= 15 is 0 Å². The van der Waals surface area contributed by atoms with Gasteiger partial charge < -0.3 is 19.7 Å². The Morgan fingerprint density at radius 3 is 3.00 bits per heavy atom. The number of fused-ring (bicyclic) bond motifs is 1. The Labute approximate surface area is 190 Å². The van der Waals surface area contributed by atoms with Crippen molar-refractivity contribution in [3.63, 3.8) is 0 Å². The number of amides is 2. The predicted octanol–water partition coefficient (Wildman–Crippen LogP) is 2.58. The third kappa shape index (κ3) is 5.42. The van der Waals surface area contributed by atoms with Crippen molar-refractivity contribution in [2.45, 2.75) is 38.9 Å². The zero-order valence-corrected chi connectivity index (χ0v) is 19.2. The number of carbonyl (C=O) groups excluding carboxylic acids is 1. The van der Waals surface area contributed by atoms with E-state index in [-0.39, 0.29) is 12.1 Å². The number of nitrogens with one attached hydrogen (secondary N) is 1. The topological polar surface area (TPSA) is 71.9 Å². The van der Waals surface area contributed by atoms with Gasteiger partial charge in [0.15, 0.2) is 0 Å². The molecule has 3 heterocycles. The number of nitrogens with zero attached hydrogens (tertiary/aromatic N) is 4. The lowest BCUT2D eigenvalue weighted by Crippen LogP contribution is -2.55. The van der Waals surface area contributed by atoms with Crippen LogP contribution in [0, 0.1) is 5.92 Å². The molecule has 0 bridgehead atoms. The third-order valence-electron chi connectivity index (χ3n) is 6.42. The summed E-state index contributed by atoms with van der Waals surface area (Å²) >= 11 is 0. The van der Waals surface area contributed by atoms with Crippen molar-refractivity contribution in [2.75, 3.05) is 46.5 Å². The maximum Gasteiger partial charge on any atom is 0.317 e. The van der Waals surface area contributed by atoms with Gasteiger partial charge in [0.1, 0.15) is 5.75 Å². The van der Waals surface area contributed by atoms with Gasteiger partial charge in [0.05, 0.1) is 26.9 Å². The molecule has 4 rings (SSSR count). The molecule has 0 unspecified atom stereocenters. The number of benzene rings is 1. The van der Waals surface area contributed by atoms with Crippen molar-refractivity contribution in [3.05, 3.63) is 47.8 Å². The van der Waals surface area contributed by atoms with Crippen LogP contribution in [0.3, 0.4) is 0 Å². The minimum absolute atomic E-state index is 0.0548. The molecule has 174 valence electrons. The molecular weight excluding hydrogens is 406 g/mol. The lowest BCUT2D eigenvalue weighted by atomic mass is 9.91. The van der Waals surface area contributed by atoms with Crippen molar-refractivity contribution in [3.8, 4) is 5.75 Å². The van der Waals surface area contributed by atoms with Crippen LogP contribution in [0.5, 0.6) is 5.75 Å². The first-order valence-corrected chi connectivity index (χ1v) is 11.7. The van der Waals surface area contributed by atoms with Gasteiger partial charge in [-0.25, -0.2) is 4.79 Å². The van der Waals surface area contributed by atoms with Gasteiger partial charge in [-0.15, -0.1) is 0 Å². The van der Waals surface area contributed by atoms with Crippen molar-refractivity contribution in [1.82, 2.24) is 24.9 Å². The highest BCUT2D eigenvalue weighted by atomic mass is 16.5. The van der Waals surface area contributed by atoms with Crippen molar-refractivity contribution in [2.24, 2.45) is 5.92 Å². The molecule has 1 N–H and O–H groups in total. The van der Waals surface area contributed by atoms with Crippen LogP contribution in [0.25, 0.3) is 0 Å². The largest absolute Gasteiger partial charge is 0.496 e. The Hall–Kier alpha value is -2.58. The fourth-order valence-electron chi connectivity index (χ4n) is 4.84. The molecule has 2 fully saturated rings. The summed E-state index contributed by atoms with van der Waals surface area (Å²) in [6.45, 7) is 8.26. The maximum absolute atomic E-state index is 12.7. The van der Waals surface area contributed by atoms with Gasteiger partial charge in [-0.05, 0) is 36.6 Å². The lowest BCUT2D eigenvalue weighted by Gasteiger charge is -2.42. The summed E-state index contributed by atoms with van der Waals surface area (Å²) in [7, 11) is 1.71. The summed E-state index contributed by atoms with van der Waals surface area (Å²) in [4.78, 5) is 17.2. The molecule has 2 aliphatic rings. The Morgan fingerprint density at radius 2 is 2.22 bits per heavy atom. The second-order valence-electron chi connectivity index (χ2n) is 8.70. The molecule has 0 spiro atoms. The standard InChI is InChI=1S/C24H35N5O3/c1-3-8-25-24(30)29-12-13-32-18-21-16-27(11-7-22(21)29)15-19-5-6-23(31-2)20(14-19)17-28-10-4-9-26-28/h4-6,9-10,14,21-22H,3,7-8,11-13,15-18H2,1-2H3,(H,25,30)/t21-,22-/m1/s1. The fourth-order valence-corrected chi connectivity index (χ4v) is 4.84. The van der Waals surface area contributed by atoms with Crippen LogP contribution in [-0.4, -0.2) is 78.2 Å². The molecule has 2 amide bonds. The van der Waals surface area contributed by atoms with Crippen molar-refractivity contribution >= 4 is 6.03 Å². The number of hydrogen-bond acceptors (Lipinski definition) is 5. The minimum Gasteiger partial charge on any atom is -0.496 e. The first kappa shape index (κ1) is 22.6. The quantitative estimate of drug-likeness (QED) is 0.715. The van der Waals surface area contributed by atoms with E-state index in [4.69, 9.17) is 9.47 Å². The molecule has 2 aromatic rings. The molecular formula is C24H35N5O3. The van der Waals surface area contributed by atoms with Gasteiger partial charge in [-0.2, -0.15) is 5.10 Å². The molecule has 2 aliphatic heterocycles. The van der Waals surface area contributed by atoms with E-state index in [1.165, 1.54) is 5.56 Å². The predicted molar refractivity (Wildman–Crippen MR) is 123 cm³/mol. The summed E-state index contributed by atoms with van der Waals surface area (Å²) in [6, 6.07) is 8.65. The third-order valence-corrected chi connectivity index (χ3v) is 6.42. The van der Waals surface area contributed by atoms with E-state index in [1.807, 2.05) is 21.8 Å². The fraction of sp³-hybridized carbons (Fsp3) is 0.583. The maximum atomic E-state index is 12.7. The number of carbonyl (C=O) groups is 1. The van der Waals surface area contributed by atoms with E-state index < -0.39 is 0 Å². The Kier molecular flexibility index (Phi) is 7.65. The Morgan fingerprint density at radius 1 is 1.31 bits per heavy atom. The Bertz CT molecular complexity index is 873. The zero-order chi connectivity index (χ0) is 22.3. The Balaban J connectivity index is 1.41. The average Bonchev–Trinajstić information content (AvgIpc) is 3.22. The van der Waals surface area contributed by atoms with Crippen LogP contribution in [0.1, 0.15) is 30.9 Å². The van der Waals surface area contributed by atoms with Gasteiger partial charge in [0.2, 0.25) is 0 Å². The molecule has 2 atom stereocenters. The van der Waals surface area contributed by atoms with Gasteiger partial charge in [0.25, 0.3) is 0 Å². The van der Waals surface area contributed by atoms with Crippen LogP contribution >= 0.6 is 0 Å². The van der Waals surface area contributed by atoms with E-state index in [0.29, 0.717) is 32.2 Å². The van der Waals surface area contributed by atoms with Crippen LogP contribution < -0.4 is 10.1 Å². The lowest BCUT2D eigenvalue weighted by molar-refractivity contribution is 0.0542. The summed E-state index contributed by atoms with van der Waals surface area (Å²) in [6.07, 6.45) is 5.68. The summed E-state index contributed by atoms with van der Waals surface area (Å²) in [5.74, 6) is 1.22. The average molecular weight is 442 g/mol. The van der Waals surface area contributed by atoms with E-state index in [9.17, 15) is 4.79 Å². The van der Waals surface area contributed by atoms with E-state index in [0.717, 1.165) is 50.3 Å². The van der Waals surface area contributed by atoms with Crippen molar-refractivity contribution < 1.29 is 14.3 Å². The van der Waals surface area contributed by atoms with Crippen molar-refractivity contribution in [1.29, 1.82) is 0 Å². The second kappa shape index (κ2) is 10.8. The molecule has 1 aromatic heterocycles. The van der Waals surface area contributed by atoms with E-state index in [1.54, 1.807) is 13.3 Å². The molecule has 0 aliphatic carbocycles. The zero-order valence-electron chi connectivity index (χ0n) is 19.2. The number of ether oxygens (including phenoxy) is 2. The second-order valence-corrected chi connectivity index (χ2v) is 8.70. The molecule has 0 radical (unpaired) electrons. The van der Waals surface area contributed by atoms with Gasteiger partial charge >= 0.3 is 6.03 Å². The van der Waals surface area contributed by atoms with Gasteiger partial charge in [0, 0.05) is 62.6 Å². The molecule has 1 aromatic carbocycles. The number of aromatic nitrogens is 2. The molecule has 8 nitrogen and oxygen atoms in total. The molecule has 0 saturated carbocycles. The van der Waals surface area contributed by atoms with Crippen LogP contribution in [0.2, 0.25) is 0 Å². The number of methoxy groups -OCH3 is 1. The minimum atomic E-state index is 0.0548. The van der Waals surface area contributed by atoms with Crippen LogP contribution in [0.15, 0.2) is 36.7 Å². The van der Waals surface area contributed by atoms with Gasteiger partial charge in [-0.1, -0.05) is 13.0 Å². The number of likely N-dealkylation sites (tertiary alicyclic amines) is 1. The highest BCUT2D eigenvalue weighted by molar-refractivity contribution is 5.74. The SMILES string of the molecule is CCCNC(=O)N1CCOC[C@H]2CN(Cc3ccc(OC)c(Cn4cccn4)c3)CC[C@H]21. The first-order chi connectivity index (χ1) is 15.7. The highest BCUT2D eigenvalue weighted by Gasteiger charge is 2.37.